The number of nitrogens with one attached hydrogen (secondary N) is 2. The molecule has 47 heavy (non-hydrogen) atoms. The molecule has 10 nitrogen and oxygen atoms in total. The number of carbonyl (C=O) groups excluding carboxylic acids is 2. The third-order valence-corrected chi connectivity index (χ3v) is 9.61. The third kappa shape index (κ3) is 7.34. The average molecular weight is 652 g/mol. The number of fused-ring (bicyclic) bond motifs is 1. The number of aliphatic hydroxyl groups excluding tert-OH is 1. The summed E-state index contributed by atoms with van der Waals surface area (Å²) in [6, 6.07) is 11.8. The molecule has 5 atom stereocenters. The topological polar surface area (TPSA) is 118 Å². The lowest BCUT2D eigenvalue weighted by molar-refractivity contribution is -0.155. The van der Waals surface area contributed by atoms with Crippen LogP contribution in [-0.2, 0) is 20.8 Å². The monoisotopic (exact) mass is 651 g/mol. The maximum atomic E-state index is 15.1. The normalized spacial score (nSPS) is 23.8. The molecule has 0 radical (unpaired) electrons. The third-order valence-electron chi connectivity index (χ3n) is 9.61. The summed E-state index contributed by atoms with van der Waals surface area (Å²) in [5.74, 6) is -1.60. The van der Waals surface area contributed by atoms with Crippen LogP contribution in [0.3, 0.4) is 0 Å². The number of imidazole rings is 1. The standard InChI is InChI=1S/C35H43F2N5O5/c1-2-3-7-14-38-35(45)47-29-18-39-30-26(29)20-42(34(44)32(30)43)31(23-12-15-46-16-13-23)33-40-28(25-17-24(36)10-11-27(25)37)21-41(33)19-22-8-5-4-6-9-22/h4-6,8-11,17,21,23,26,29-32,39,43H,2-3,7,12-16,18-20H2,1H3,(H,38,45)/t26-,29+,30?,31+,32-/m0/s1. The SMILES string of the molecule is CCCCCNC(=O)O[C@@H]1CNC2[C@H](O)C(=O)N([C@@H](c3nc(-c4cc(F)ccc4F)cn3Cc3ccccc3)C3CCOCC3)C[C@H]21. The fourth-order valence-corrected chi connectivity index (χ4v) is 7.16. The van der Waals surface area contributed by atoms with Crippen molar-refractivity contribution in [3.63, 3.8) is 0 Å². The van der Waals surface area contributed by atoms with Gasteiger partial charge in [0.2, 0.25) is 0 Å². The predicted molar refractivity (Wildman–Crippen MR) is 170 cm³/mol. The number of aliphatic hydroxyl groups is 1. The maximum absolute atomic E-state index is 15.1. The number of aromatic nitrogens is 2. The Hall–Kier alpha value is -3.87. The number of hydrogen-bond donors (Lipinski definition) is 3. The van der Waals surface area contributed by atoms with Crippen molar-refractivity contribution in [2.45, 2.75) is 69.9 Å². The molecule has 1 unspecified atom stereocenters. The van der Waals surface area contributed by atoms with Crippen LogP contribution in [0.4, 0.5) is 13.6 Å². The first-order valence-electron chi connectivity index (χ1n) is 16.6. The number of ether oxygens (including phenoxy) is 2. The molecule has 0 bridgehead atoms. The first-order chi connectivity index (χ1) is 22.8. The number of piperidine rings is 1. The average Bonchev–Trinajstić information content (AvgIpc) is 3.68. The highest BCUT2D eigenvalue weighted by molar-refractivity contribution is 5.83. The fourth-order valence-electron chi connectivity index (χ4n) is 7.16. The number of benzene rings is 2. The van der Waals surface area contributed by atoms with E-state index in [4.69, 9.17) is 14.5 Å². The first-order valence-corrected chi connectivity index (χ1v) is 16.6. The molecule has 2 amide bonds. The fraction of sp³-hybridized carbons (Fsp3) is 0.514. The van der Waals surface area contributed by atoms with E-state index in [1.807, 2.05) is 34.9 Å². The van der Waals surface area contributed by atoms with Crippen molar-refractivity contribution in [2.75, 3.05) is 32.8 Å². The Kier molecular flexibility index (Phi) is 10.5. The molecular formula is C35H43F2N5O5. The number of likely N-dealkylation sites (tertiary alicyclic amines) is 1. The molecule has 3 fully saturated rings. The Bertz CT molecular complexity index is 1530. The van der Waals surface area contributed by atoms with Crippen LogP contribution in [0, 0.1) is 23.5 Å². The van der Waals surface area contributed by atoms with E-state index in [0.717, 1.165) is 43.0 Å². The van der Waals surface area contributed by atoms with E-state index >= 15 is 4.39 Å². The van der Waals surface area contributed by atoms with Crippen molar-refractivity contribution < 1.29 is 33.0 Å². The van der Waals surface area contributed by atoms with Crippen LogP contribution in [0.5, 0.6) is 0 Å². The number of rotatable bonds is 11. The van der Waals surface area contributed by atoms with Crippen molar-refractivity contribution in [1.29, 1.82) is 0 Å². The van der Waals surface area contributed by atoms with Crippen molar-refractivity contribution in [1.82, 2.24) is 25.1 Å². The molecule has 0 aliphatic carbocycles. The molecule has 12 heteroatoms. The van der Waals surface area contributed by atoms with Gasteiger partial charge in [-0.25, -0.2) is 18.6 Å². The first kappa shape index (κ1) is 33.0. The van der Waals surface area contributed by atoms with E-state index in [0.29, 0.717) is 51.5 Å². The Morgan fingerprint density at radius 2 is 1.96 bits per heavy atom. The second kappa shape index (κ2) is 14.9. The molecule has 3 aliphatic heterocycles. The zero-order valence-corrected chi connectivity index (χ0v) is 26.6. The highest BCUT2D eigenvalue weighted by Gasteiger charge is 2.53. The minimum atomic E-state index is -1.37. The van der Waals surface area contributed by atoms with E-state index < -0.39 is 47.9 Å². The summed E-state index contributed by atoms with van der Waals surface area (Å²) < 4.78 is 42.8. The van der Waals surface area contributed by atoms with Crippen LogP contribution in [0.25, 0.3) is 11.3 Å². The van der Waals surface area contributed by atoms with Crippen LogP contribution in [-0.4, -0.2) is 82.7 Å². The minimum Gasteiger partial charge on any atom is -0.444 e. The summed E-state index contributed by atoms with van der Waals surface area (Å²) in [4.78, 5) is 33.3. The van der Waals surface area contributed by atoms with Crippen molar-refractivity contribution >= 4 is 12.0 Å². The highest BCUT2D eigenvalue weighted by Crippen LogP contribution is 2.41. The molecule has 4 heterocycles. The van der Waals surface area contributed by atoms with Crippen LogP contribution >= 0.6 is 0 Å². The molecule has 0 spiro atoms. The van der Waals surface area contributed by atoms with Crippen LogP contribution in [0.15, 0.2) is 54.7 Å². The Labute approximate surface area is 273 Å². The van der Waals surface area contributed by atoms with Gasteiger partial charge in [0, 0.05) is 57.1 Å². The van der Waals surface area contributed by atoms with Gasteiger partial charge in [-0.05, 0) is 48.9 Å². The number of unbranched alkanes of at least 4 members (excludes halogenated alkanes) is 2. The molecule has 6 rings (SSSR count). The lowest BCUT2D eigenvalue weighted by Gasteiger charge is -2.45. The van der Waals surface area contributed by atoms with Gasteiger partial charge in [-0.1, -0.05) is 50.1 Å². The van der Waals surface area contributed by atoms with Crippen molar-refractivity contribution in [3.05, 3.63) is 77.8 Å². The quantitative estimate of drug-likeness (QED) is 0.263. The molecule has 3 aliphatic rings. The summed E-state index contributed by atoms with van der Waals surface area (Å²) in [7, 11) is 0. The molecule has 0 saturated carbocycles. The van der Waals surface area contributed by atoms with E-state index in [9.17, 15) is 19.1 Å². The lowest BCUT2D eigenvalue weighted by Crippen LogP contribution is -2.61. The Morgan fingerprint density at radius 1 is 1.17 bits per heavy atom. The summed E-state index contributed by atoms with van der Waals surface area (Å²) in [6.07, 6.45) is 3.41. The van der Waals surface area contributed by atoms with E-state index in [-0.39, 0.29) is 29.6 Å². The maximum Gasteiger partial charge on any atom is 0.407 e. The van der Waals surface area contributed by atoms with Gasteiger partial charge in [0.1, 0.15) is 29.7 Å². The number of amides is 2. The van der Waals surface area contributed by atoms with E-state index in [1.165, 1.54) is 0 Å². The Balaban J connectivity index is 1.36. The Morgan fingerprint density at radius 3 is 2.72 bits per heavy atom. The van der Waals surface area contributed by atoms with Crippen LogP contribution in [0.1, 0.15) is 56.5 Å². The van der Waals surface area contributed by atoms with Gasteiger partial charge in [0.15, 0.2) is 0 Å². The van der Waals surface area contributed by atoms with Gasteiger partial charge in [-0.15, -0.1) is 0 Å². The zero-order valence-electron chi connectivity index (χ0n) is 26.6. The number of hydrogen-bond acceptors (Lipinski definition) is 7. The molecule has 3 aromatic rings. The van der Waals surface area contributed by atoms with Crippen LogP contribution < -0.4 is 10.6 Å². The summed E-state index contributed by atoms with van der Waals surface area (Å²) in [5, 5.41) is 17.4. The van der Waals surface area contributed by atoms with Crippen molar-refractivity contribution in [2.24, 2.45) is 11.8 Å². The molecular weight excluding hydrogens is 608 g/mol. The van der Waals surface area contributed by atoms with Crippen LogP contribution in [0.2, 0.25) is 0 Å². The summed E-state index contributed by atoms with van der Waals surface area (Å²) in [6.45, 7) is 4.49. The predicted octanol–water partition coefficient (Wildman–Crippen LogP) is 4.42. The number of halogens is 2. The van der Waals surface area contributed by atoms with Gasteiger partial charge in [0.05, 0.1) is 17.8 Å². The smallest absolute Gasteiger partial charge is 0.407 e. The molecule has 3 saturated heterocycles. The van der Waals surface area contributed by atoms with Gasteiger partial charge < -0.3 is 34.7 Å². The summed E-state index contributed by atoms with van der Waals surface area (Å²) >= 11 is 0. The van der Waals surface area contributed by atoms with Gasteiger partial charge in [-0.3, -0.25) is 4.79 Å². The second-order valence-electron chi connectivity index (χ2n) is 12.7. The minimum absolute atomic E-state index is 0.0206. The largest absolute Gasteiger partial charge is 0.444 e. The lowest BCUT2D eigenvalue weighted by atomic mass is 9.84. The molecule has 252 valence electrons. The highest BCUT2D eigenvalue weighted by atomic mass is 19.1. The van der Waals surface area contributed by atoms with E-state index in [1.54, 1.807) is 11.1 Å². The number of nitrogens with zero attached hydrogens (tertiary/aromatic N) is 3. The van der Waals surface area contributed by atoms with Gasteiger partial charge in [0.25, 0.3) is 5.91 Å². The zero-order chi connectivity index (χ0) is 32.9. The van der Waals surface area contributed by atoms with E-state index in [2.05, 4.69) is 17.6 Å². The molecule has 2 aromatic carbocycles. The van der Waals surface area contributed by atoms with Gasteiger partial charge >= 0.3 is 6.09 Å². The number of carbonyl (C=O) groups is 2. The summed E-state index contributed by atoms with van der Waals surface area (Å²) in [5.41, 5.74) is 1.23. The van der Waals surface area contributed by atoms with Gasteiger partial charge in [-0.2, -0.15) is 0 Å². The molecule has 3 N–H and O–H groups in total. The molecule has 1 aromatic heterocycles. The van der Waals surface area contributed by atoms with Crippen molar-refractivity contribution in [3.8, 4) is 11.3 Å². The number of alkyl carbamates (subject to hydrolysis) is 1. The second-order valence-corrected chi connectivity index (χ2v) is 12.7.